The molecule has 1 atom stereocenters. The van der Waals surface area contributed by atoms with E-state index in [1.807, 2.05) is 0 Å². The zero-order valence-corrected chi connectivity index (χ0v) is 11.7. The number of aliphatic hydroxyl groups excluding tert-OH is 1. The Balaban J connectivity index is 2.80. The molecule has 0 bridgehead atoms. The van der Waals surface area contributed by atoms with Gasteiger partial charge in [-0.1, -0.05) is 11.8 Å². The van der Waals surface area contributed by atoms with Crippen molar-refractivity contribution in [3.8, 4) is 11.8 Å². The lowest BCUT2D eigenvalue weighted by atomic mass is 10.2. The number of nitrogens with zero attached hydrogens (tertiary/aromatic N) is 2. The third-order valence-corrected chi connectivity index (χ3v) is 2.47. The Morgan fingerprint density at radius 1 is 1.45 bits per heavy atom. The Morgan fingerprint density at radius 2 is 2.15 bits per heavy atom. The van der Waals surface area contributed by atoms with Crippen molar-refractivity contribution in [3.63, 3.8) is 0 Å². The van der Waals surface area contributed by atoms with Crippen molar-refractivity contribution >= 4 is 11.8 Å². The second-order valence-corrected chi connectivity index (χ2v) is 4.35. The van der Waals surface area contributed by atoms with Gasteiger partial charge in [0.2, 0.25) is 5.91 Å². The first-order chi connectivity index (χ1) is 9.45. The molecule has 0 saturated carbocycles. The summed E-state index contributed by atoms with van der Waals surface area (Å²) in [6, 6.07) is 0.933. The van der Waals surface area contributed by atoms with Gasteiger partial charge >= 0.3 is 0 Å². The highest BCUT2D eigenvalue weighted by molar-refractivity contribution is 5.97. The van der Waals surface area contributed by atoms with Crippen LogP contribution < -0.4 is 5.32 Å². The lowest BCUT2D eigenvalue weighted by molar-refractivity contribution is -0.130. The summed E-state index contributed by atoms with van der Waals surface area (Å²) in [7, 11) is 3.25. The van der Waals surface area contributed by atoms with Crippen molar-refractivity contribution < 1.29 is 14.7 Å². The van der Waals surface area contributed by atoms with E-state index < -0.39 is 11.9 Å². The lowest BCUT2D eigenvalue weighted by Gasteiger charge is -2.17. The molecule has 1 rings (SSSR count). The summed E-state index contributed by atoms with van der Waals surface area (Å²) in [6.07, 6.45) is 2.89. The van der Waals surface area contributed by atoms with E-state index in [-0.39, 0.29) is 12.5 Å². The minimum atomic E-state index is -0.621. The number of pyridine rings is 1. The summed E-state index contributed by atoms with van der Waals surface area (Å²) in [5.41, 5.74) is 0.839. The minimum Gasteiger partial charge on any atom is -0.384 e. The largest absolute Gasteiger partial charge is 0.384 e. The van der Waals surface area contributed by atoms with Crippen molar-refractivity contribution in [1.82, 2.24) is 15.2 Å². The molecular formula is C14H17N3O3. The van der Waals surface area contributed by atoms with Gasteiger partial charge in [-0.15, -0.1) is 0 Å². The molecule has 6 nitrogen and oxygen atoms in total. The predicted molar refractivity (Wildman–Crippen MR) is 73.8 cm³/mol. The van der Waals surface area contributed by atoms with Gasteiger partial charge in [0.1, 0.15) is 12.6 Å². The number of rotatable bonds is 3. The lowest BCUT2D eigenvalue weighted by Crippen LogP contribution is -2.44. The number of carbonyl (C=O) groups is 2. The maximum Gasteiger partial charge on any atom is 0.253 e. The van der Waals surface area contributed by atoms with E-state index in [2.05, 4.69) is 22.1 Å². The van der Waals surface area contributed by atoms with Crippen molar-refractivity contribution in [2.24, 2.45) is 0 Å². The Bertz CT molecular complexity index is 558. The van der Waals surface area contributed by atoms with E-state index in [0.29, 0.717) is 11.1 Å². The quantitative estimate of drug-likeness (QED) is 0.738. The third kappa shape index (κ3) is 4.37. The number of aliphatic hydroxyl groups is 1. The van der Waals surface area contributed by atoms with E-state index in [4.69, 9.17) is 5.11 Å². The smallest absolute Gasteiger partial charge is 0.253 e. The average molecular weight is 275 g/mol. The summed E-state index contributed by atoms with van der Waals surface area (Å²) >= 11 is 0. The highest BCUT2D eigenvalue weighted by Gasteiger charge is 2.18. The molecule has 1 unspecified atom stereocenters. The normalized spacial score (nSPS) is 11.0. The van der Waals surface area contributed by atoms with Crippen molar-refractivity contribution in [2.75, 3.05) is 20.7 Å². The summed E-state index contributed by atoms with van der Waals surface area (Å²) in [6.45, 7) is 1.36. The minimum absolute atomic E-state index is 0.192. The molecule has 0 fully saturated rings. The van der Waals surface area contributed by atoms with Gasteiger partial charge in [0, 0.05) is 32.1 Å². The molecule has 0 aliphatic heterocycles. The van der Waals surface area contributed by atoms with Crippen LogP contribution in [0.5, 0.6) is 0 Å². The number of hydrogen-bond donors (Lipinski definition) is 2. The molecule has 106 valence electrons. The van der Waals surface area contributed by atoms with Crippen molar-refractivity contribution in [3.05, 3.63) is 29.6 Å². The molecule has 20 heavy (non-hydrogen) atoms. The van der Waals surface area contributed by atoms with E-state index in [1.165, 1.54) is 17.3 Å². The second-order valence-electron chi connectivity index (χ2n) is 4.35. The standard InChI is InChI=1S/C14H17N3O3/c1-10(14(20)17(2)3)16-13(19)12-7-11(5-4-6-18)8-15-9-12/h7-10,18H,6H2,1-3H3,(H,16,19). The third-order valence-electron chi connectivity index (χ3n) is 2.47. The van der Waals surface area contributed by atoms with Crippen LogP contribution in [-0.2, 0) is 4.79 Å². The summed E-state index contributed by atoms with van der Waals surface area (Å²) < 4.78 is 0. The number of likely N-dealkylation sites (N-methyl/N-ethyl adjacent to an activating group) is 1. The van der Waals surface area contributed by atoms with Gasteiger partial charge in [0.05, 0.1) is 5.56 Å². The Hall–Kier alpha value is -2.39. The van der Waals surface area contributed by atoms with Crippen LogP contribution in [0.2, 0.25) is 0 Å². The molecule has 0 aromatic carbocycles. The van der Waals surface area contributed by atoms with Gasteiger partial charge in [-0.3, -0.25) is 14.6 Å². The topological polar surface area (TPSA) is 82.5 Å². The van der Waals surface area contributed by atoms with Gasteiger partial charge in [0.25, 0.3) is 5.91 Å². The van der Waals surface area contributed by atoms with Crippen LogP contribution in [0, 0.1) is 11.8 Å². The molecule has 0 spiro atoms. The fourth-order valence-corrected chi connectivity index (χ4v) is 1.50. The zero-order chi connectivity index (χ0) is 15.1. The first-order valence-electron chi connectivity index (χ1n) is 6.02. The van der Waals surface area contributed by atoms with Gasteiger partial charge < -0.3 is 15.3 Å². The average Bonchev–Trinajstić information content (AvgIpc) is 2.44. The van der Waals surface area contributed by atoms with Crippen LogP contribution in [0.4, 0.5) is 0 Å². The summed E-state index contributed by atoms with van der Waals surface area (Å²) in [5.74, 6) is 4.56. The zero-order valence-electron chi connectivity index (χ0n) is 11.7. The molecule has 0 aliphatic rings. The van der Waals surface area contributed by atoms with Crippen LogP contribution in [-0.4, -0.2) is 53.5 Å². The molecule has 0 saturated heterocycles. The van der Waals surface area contributed by atoms with Crippen molar-refractivity contribution in [1.29, 1.82) is 0 Å². The van der Waals surface area contributed by atoms with Crippen LogP contribution in [0.25, 0.3) is 0 Å². The van der Waals surface area contributed by atoms with E-state index >= 15 is 0 Å². The van der Waals surface area contributed by atoms with E-state index in [0.717, 1.165) is 0 Å². The van der Waals surface area contributed by atoms with E-state index in [9.17, 15) is 9.59 Å². The number of hydrogen-bond acceptors (Lipinski definition) is 4. The Labute approximate surface area is 117 Å². The number of carbonyl (C=O) groups excluding carboxylic acids is 2. The van der Waals surface area contributed by atoms with Gasteiger partial charge in [-0.2, -0.15) is 0 Å². The molecular weight excluding hydrogens is 258 g/mol. The van der Waals surface area contributed by atoms with Crippen LogP contribution in [0.3, 0.4) is 0 Å². The number of nitrogens with one attached hydrogen (secondary N) is 1. The summed E-state index contributed by atoms with van der Waals surface area (Å²) in [5, 5.41) is 11.2. The number of amides is 2. The maximum atomic E-state index is 12.0. The first kappa shape index (κ1) is 15.7. The summed E-state index contributed by atoms with van der Waals surface area (Å²) in [4.78, 5) is 29.0. The second kappa shape index (κ2) is 7.26. The van der Waals surface area contributed by atoms with Crippen LogP contribution in [0.1, 0.15) is 22.8 Å². The molecule has 2 amide bonds. The highest BCUT2D eigenvalue weighted by Crippen LogP contribution is 2.02. The molecule has 6 heteroatoms. The molecule has 1 aromatic rings. The van der Waals surface area contributed by atoms with Crippen molar-refractivity contribution in [2.45, 2.75) is 13.0 Å². The molecule has 0 radical (unpaired) electrons. The Kier molecular flexibility index (Phi) is 5.69. The molecule has 2 N–H and O–H groups in total. The van der Waals surface area contributed by atoms with E-state index in [1.54, 1.807) is 27.1 Å². The molecule has 1 heterocycles. The fraction of sp³-hybridized carbons (Fsp3) is 0.357. The maximum absolute atomic E-state index is 12.0. The molecule has 1 aromatic heterocycles. The first-order valence-corrected chi connectivity index (χ1v) is 6.02. The van der Waals surface area contributed by atoms with Gasteiger partial charge in [-0.05, 0) is 13.0 Å². The Morgan fingerprint density at radius 3 is 2.75 bits per heavy atom. The number of aromatic nitrogens is 1. The predicted octanol–water partition coefficient (Wildman–Crippen LogP) is -0.368. The van der Waals surface area contributed by atoms with Crippen LogP contribution in [0.15, 0.2) is 18.5 Å². The fourth-order valence-electron chi connectivity index (χ4n) is 1.50. The monoisotopic (exact) mass is 275 g/mol. The van der Waals surface area contributed by atoms with Gasteiger partial charge in [-0.25, -0.2) is 0 Å². The SMILES string of the molecule is CC(NC(=O)c1cncc(C#CCO)c1)C(=O)N(C)C. The molecule has 0 aliphatic carbocycles. The highest BCUT2D eigenvalue weighted by atomic mass is 16.2. The van der Waals surface area contributed by atoms with Crippen LogP contribution >= 0.6 is 0 Å². The van der Waals surface area contributed by atoms with Gasteiger partial charge in [0.15, 0.2) is 0 Å².